The summed E-state index contributed by atoms with van der Waals surface area (Å²) in [5.41, 5.74) is 10.1. The molecule has 0 aliphatic heterocycles. The van der Waals surface area contributed by atoms with Crippen LogP contribution >= 0.6 is 46.4 Å². The Morgan fingerprint density at radius 1 is 1.00 bits per heavy atom. The maximum atomic E-state index is 6.95. The zero-order chi connectivity index (χ0) is 9.83. The van der Waals surface area contributed by atoms with Crippen LogP contribution in [0.5, 0.6) is 0 Å². The van der Waals surface area contributed by atoms with Gasteiger partial charge in [-0.05, 0) is 0 Å². The van der Waals surface area contributed by atoms with Crippen LogP contribution in [0.15, 0.2) is 0 Å². The van der Waals surface area contributed by atoms with E-state index in [1.54, 1.807) is 0 Å². The van der Waals surface area contributed by atoms with E-state index >= 15 is 0 Å². The van der Waals surface area contributed by atoms with E-state index in [0.717, 1.165) is 0 Å². The van der Waals surface area contributed by atoms with Crippen LogP contribution in [0.1, 0.15) is 5.48 Å². The molecule has 0 aliphatic carbocycles. The van der Waals surface area contributed by atoms with Crippen LogP contribution in [0.2, 0.25) is 0 Å². The Balaban J connectivity index is -0.000000605. The summed E-state index contributed by atoms with van der Waals surface area (Å²) in [7, 11) is 2.37. The van der Waals surface area contributed by atoms with Gasteiger partial charge in [0.05, 0.1) is 0 Å². The fourth-order valence-corrected chi connectivity index (χ4v) is 1.36. The van der Waals surface area contributed by atoms with Gasteiger partial charge in [0, 0.05) is 30.0 Å². The largest absolute Gasteiger partial charge is 0.330 e. The normalized spacial score (nSPS) is 16.6. The van der Waals surface area contributed by atoms with E-state index in [1.165, 1.54) is 21.6 Å². The first-order valence-electron chi connectivity index (χ1n) is 4.03. The van der Waals surface area contributed by atoms with Crippen LogP contribution in [0.3, 0.4) is 0 Å². The zero-order valence-corrected chi connectivity index (χ0v) is 8.47. The van der Waals surface area contributed by atoms with Crippen molar-refractivity contribution in [2.75, 3.05) is 24.5 Å². The summed E-state index contributed by atoms with van der Waals surface area (Å²) in [6.07, 6.45) is 0. The molecule has 4 N–H and O–H groups in total. The topological polar surface area (TPSA) is 52.0 Å². The van der Waals surface area contributed by atoms with E-state index in [1.807, 2.05) is 0 Å². The second-order valence-electron chi connectivity index (χ2n) is 0.933. The third kappa shape index (κ3) is 16.1. The predicted octanol–water partition coefficient (Wildman–Crippen LogP) is 1.13. The highest BCUT2D eigenvalue weighted by Crippen LogP contribution is 2.18. The van der Waals surface area contributed by atoms with E-state index in [-0.39, 0.29) is 36.3 Å². The number of rotatable bonds is 5. The number of hydrogen-bond acceptors (Lipinski definition) is 4. The number of halogens is 2. The second kappa shape index (κ2) is 16.7. The highest BCUT2D eigenvalue weighted by Gasteiger charge is 1.84. The summed E-state index contributed by atoms with van der Waals surface area (Å²) in [4.78, 5) is 0. The molecule has 0 saturated heterocycles. The van der Waals surface area contributed by atoms with Crippen LogP contribution < -0.4 is 11.5 Å². The second-order valence-corrected chi connectivity index (χ2v) is 3.40. The molecule has 0 amide bonds. The molecule has 0 fully saturated rings. The van der Waals surface area contributed by atoms with Gasteiger partial charge in [0.25, 0.3) is 0 Å². The lowest BCUT2D eigenvalue weighted by Crippen LogP contribution is -2.02. The quantitative estimate of drug-likeness (QED) is 0.548. The van der Waals surface area contributed by atoms with Gasteiger partial charge >= 0.3 is 0 Å². The summed E-state index contributed by atoms with van der Waals surface area (Å²) in [5.74, 6) is 0.265. The van der Waals surface area contributed by atoms with E-state index in [0.29, 0.717) is 0 Å². The van der Waals surface area contributed by atoms with Crippen molar-refractivity contribution in [2.24, 2.45) is 11.5 Å². The predicted molar refractivity (Wildman–Crippen MR) is 57.5 cm³/mol. The smallest absolute Gasteiger partial charge is 0.0434 e. The molecule has 0 atom stereocenters. The molecule has 66 valence electrons. The van der Waals surface area contributed by atoms with Crippen molar-refractivity contribution in [1.82, 2.24) is 0 Å². The van der Waals surface area contributed by atoms with Crippen molar-refractivity contribution in [3.05, 3.63) is 0 Å². The van der Waals surface area contributed by atoms with E-state index in [4.69, 9.17) is 17.0 Å². The van der Waals surface area contributed by atoms with Crippen molar-refractivity contribution in [3.63, 3.8) is 0 Å². The summed E-state index contributed by atoms with van der Waals surface area (Å²) in [6.45, 7) is -3.39. The Hall–Kier alpha value is 1.20. The molecule has 0 saturated carbocycles. The molecule has 2 nitrogen and oxygen atoms in total. The van der Waals surface area contributed by atoms with Gasteiger partial charge in [-0.3, -0.25) is 0 Å². The van der Waals surface area contributed by atoms with Gasteiger partial charge in [0.1, 0.15) is 0 Å². The lowest BCUT2D eigenvalue weighted by atomic mass is 10.8. The van der Waals surface area contributed by atoms with Gasteiger partial charge in [-0.2, -0.15) is 0 Å². The van der Waals surface area contributed by atoms with Crippen LogP contribution in [0, 0.1) is 0 Å². The molecule has 0 rings (SSSR count). The third-order valence-corrected chi connectivity index (χ3v) is 2.31. The highest BCUT2D eigenvalue weighted by molar-refractivity contribution is 8.76. The molecule has 0 aromatic heterocycles. The van der Waals surface area contributed by atoms with Crippen molar-refractivity contribution < 1.29 is 5.48 Å². The fourth-order valence-electron chi connectivity index (χ4n) is 0.151. The van der Waals surface area contributed by atoms with Crippen LogP contribution in [0.4, 0.5) is 0 Å². The first kappa shape index (κ1) is 7.83. The van der Waals surface area contributed by atoms with E-state index in [9.17, 15) is 0 Å². The van der Waals surface area contributed by atoms with Crippen molar-refractivity contribution in [2.45, 2.75) is 0 Å². The Morgan fingerprint density at radius 2 is 1.30 bits per heavy atom. The first-order chi connectivity index (χ1) is 5.21. The van der Waals surface area contributed by atoms with Crippen molar-refractivity contribution in [1.29, 1.82) is 0 Å². The first-order valence-corrected chi connectivity index (χ1v) is 4.52. The monoisotopic (exact) mass is 228 g/mol. The molecular weight excluding hydrogens is 211 g/mol. The van der Waals surface area contributed by atoms with Gasteiger partial charge in [-0.1, -0.05) is 21.6 Å². The molecule has 0 aromatic rings. The lowest BCUT2D eigenvalue weighted by molar-refractivity contribution is 1.15. The van der Waals surface area contributed by atoms with Gasteiger partial charge in [0.15, 0.2) is 0 Å². The van der Waals surface area contributed by atoms with Crippen LogP contribution in [-0.4, -0.2) is 24.5 Å². The van der Waals surface area contributed by atoms with Gasteiger partial charge in [-0.15, -0.1) is 24.8 Å². The minimum absolute atomic E-state index is 0. The molecular formula is C4H14Cl2N2S2. The SMILES string of the molecule is Cl.Cl.[2H]C([2H])(N)CSSCC([2H])([2H])N. The van der Waals surface area contributed by atoms with E-state index < -0.39 is 13.0 Å². The average molecular weight is 229 g/mol. The van der Waals surface area contributed by atoms with Crippen molar-refractivity contribution >= 4 is 46.4 Å². The number of nitrogens with two attached hydrogens (primary N) is 2. The summed E-state index contributed by atoms with van der Waals surface area (Å²) in [6, 6.07) is 0. The zero-order valence-electron chi connectivity index (χ0n) is 9.20. The van der Waals surface area contributed by atoms with Crippen molar-refractivity contribution in [3.8, 4) is 0 Å². The average Bonchev–Trinajstić information content (AvgIpc) is 1.76. The maximum absolute atomic E-state index is 6.95. The molecule has 0 heterocycles. The van der Waals surface area contributed by atoms with Gasteiger partial charge < -0.3 is 11.5 Å². The van der Waals surface area contributed by atoms with E-state index in [2.05, 4.69) is 0 Å². The molecule has 0 radical (unpaired) electrons. The molecule has 0 bridgehead atoms. The highest BCUT2D eigenvalue weighted by atomic mass is 35.5. The summed E-state index contributed by atoms with van der Waals surface area (Å²) < 4.78 is 27.8. The standard InChI is InChI=1S/C4H12N2S2.2ClH/c5-1-3-7-8-4-2-6;;/h1-6H2;2*1H/i1D2,2D2;;. The number of hydrogen-bond donors (Lipinski definition) is 2. The summed E-state index contributed by atoms with van der Waals surface area (Å²) in [5, 5.41) is 0. The molecule has 0 unspecified atom stereocenters. The Labute approximate surface area is 88.1 Å². The lowest BCUT2D eigenvalue weighted by Gasteiger charge is -1.93. The molecule has 0 spiro atoms. The van der Waals surface area contributed by atoms with Gasteiger partial charge in [-0.25, -0.2) is 0 Å². The molecule has 0 aliphatic rings. The Bertz CT molecular complexity index is 124. The molecule has 10 heavy (non-hydrogen) atoms. The maximum Gasteiger partial charge on any atom is 0.0434 e. The fraction of sp³-hybridized carbons (Fsp3) is 1.00. The Morgan fingerprint density at radius 3 is 1.50 bits per heavy atom. The molecule has 6 heteroatoms. The minimum atomic E-state index is -1.70. The van der Waals surface area contributed by atoms with Crippen LogP contribution in [-0.2, 0) is 0 Å². The Kier molecular flexibility index (Phi) is 13.0. The van der Waals surface area contributed by atoms with Gasteiger partial charge in [0.2, 0.25) is 0 Å². The summed E-state index contributed by atoms with van der Waals surface area (Å²) >= 11 is 0. The third-order valence-electron chi connectivity index (χ3n) is 0.368. The van der Waals surface area contributed by atoms with Crippen LogP contribution in [0.25, 0.3) is 0 Å². The molecule has 0 aromatic carbocycles. The minimum Gasteiger partial charge on any atom is -0.330 e.